The topological polar surface area (TPSA) is 77.7 Å². The third kappa shape index (κ3) is 4.73. The molecular formula is C28H29Cl2N3O4. The molecule has 3 aromatic rings. The number of hydrogen-bond donors (Lipinski definition) is 0. The van der Waals surface area contributed by atoms with Crippen LogP contribution in [0.1, 0.15) is 58.8 Å². The second kappa shape index (κ2) is 9.93. The number of carbonyl (C=O) groups is 1. The van der Waals surface area contributed by atoms with Gasteiger partial charge in [0.2, 0.25) is 0 Å². The Balaban J connectivity index is 1.12. The molecule has 37 heavy (non-hydrogen) atoms. The van der Waals surface area contributed by atoms with Crippen molar-refractivity contribution in [3.63, 3.8) is 0 Å². The lowest BCUT2D eigenvalue weighted by molar-refractivity contribution is 0.0402. The van der Waals surface area contributed by atoms with E-state index in [9.17, 15) is 4.79 Å². The largest absolute Gasteiger partial charge is 0.465 e. The Bertz CT molecular complexity index is 1300. The van der Waals surface area contributed by atoms with Gasteiger partial charge >= 0.3 is 5.97 Å². The van der Waals surface area contributed by atoms with Crippen molar-refractivity contribution >= 4 is 35.0 Å². The van der Waals surface area contributed by atoms with Gasteiger partial charge in [0.05, 0.1) is 35.4 Å². The van der Waals surface area contributed by atoms with Gasteiger partial charge in [-0.15, -0.1) is 0 Å². The molecule has 0 N–H and O–H groups in total. The summed E-state index contributed by atoms with van der Waals surface area (Å²) in [5, 5.41) is 5.50. The van der Waals surface area contributed by atoms with Crippen molar-refractivity contribution in [2.45, 2.75) is 51.2 Å². The zero-order valence-electron chi connectivity index (χ0n) is 20.9. The maximum absolute atomic E-state index is 11.8. The van der Waals surface area contributed by atoms with Gasteiger partial charge in [0.1, 0.15) is 17.3 Å². The molecule has 7 nitrogen and oxygen atoms in total. The summed E-state index contributed by atoms with van der Waals surface area (Å²) in [6, 6.07) is 7.33. The minimum absolute atomic E-state index is 0.185. The fourth-order valence-electron chi connectivity index (χ4n) is 5.93. The molecule has 194 valence electrons. The SMILES string of the molecule is COC(=O)c1cnc(N2CC3CC(OCc4c(-c5c(Cl)cccc5Cl)noc4C4CC4)C[C@H]3C2)c(C)c1. The molecule has 0 radical (unpaired) electrons. The fraction of sp³-hybridized carbons (Fsp3) is 0.464. The molecule has 2 aliphatic carbocycles. The van der Waals surface area contributed by atoms with Gasteiger partial charge in [0.15, 0.2) is 0 Å². The van der Waals surface area contributed by atoms with E-state index >= 15 is 0 Å². The average molecular weight is 542 g/mol. The van der Waals surface area contributed by atoms with Gasteiger partial charge < -0.3 is 18.9 Å². The molecule has 3 atom stereocenters. The number of nitrogens with zero attached hydrogens (tertiary/aromatic N) is 3. The standard InChI is InChI=1S/C28H29Cl2N3O4/c1-15-8-17(28(34)35-2)11-31-27(15)33-12-18-9-20(10-19(18)13-33)36-14-21-25(32-37-26(21)16-6-7-16)24-22(29)4-3-5-23(24)30/h3-5,8,11,16,18-20H,6-7,9-10,12-14H2,1-2H3/t18-,19?,20?/m0/s1. The van der Waals surface area contributed by atoms with Crippen LogP contribution >= 0.6 is 23.2 Å². The molecule has 0 spiro atoms. The third-order valence-corrected chi connectivity index (χ3v) is 8.54. The van der Waals surface area contributed by atoms with Crippen LogP contribution in [0.15, 0.2) is 35.0 Å². The van der Waals surface area contributed by atoms with E-state index in [1.54, 1.807) is 6.20 Å². The lowest BCUT2D eigenvalue weighted by Crippen LogP contribution is -2.25. The monoisotopic (exact) mass is 541 g/mol. The summed E-state index contributed by atoms with van der Waals surface area (Å²) in [6.07, 6.45) is 6.02. The van der Waals surface area contributed by atoms with Gasteiger partial charge in [-0.2, -0.15) is 0 Å². The number of rotatable bonds is 7. The lowest BCUT2D eigenvalue weighted by atomic mass is 10.0. The Morgan fingerprint density at radius 2 is 1.86 bits per heavy atom. The molecule has 2 unspecified atom stereocenters. The number of aryl methyl sites for hydroxylation is 1. The number of hydrogen-bond acceptors (Lipinski definition) is 7. The number of pyridine rings is 1. The second-order valence-electron chi connectivity index (χ2n) is 10.4. The molecule has 6 rings (SSSR count). The molecule has 3 fully saturated rings. The van der Waals surface area contributed by atoms with E-state index in [1.165, 1.54) is 7.11 Å². The lowest BCUT2D eigenvalue weighted by Gasteiger charge is -2.22. The summed E-state index contributed by atoms with van der Waals surface area (Å²) in [5.41, 5.74) is 3.84. The van der Waals surface area contributed by atoms with E-state index in [0.717, 1.165) is 61.5 Å². The quantitative estimate of drug-likeness (QED) is 0.318. The molecule has 9 heteroatoms. The molecule has 0 amide bonds. The van der Waals surface area contributed by atoms with Gasteiger partial charge in [-0.1, -0.05) is 34.4 Å². The summed E-state index contributed by atoms with van der Waals surface area (Å²) in [4.78, 5) is 18.7. The van der Waals surface area contributed by atoms with Crippen LogP contribution in [0, 0.1) is 18.8 Å². The minimum Gasteiger partial charge on any atom is -0.465 e. The van der Waals surface area contributed by atoms with Crippen molar-refractivity contribution in [2.75, 3.05) is 25.1 Å². The van der Waals surface area contributed by atoms with Crippen molar-refractivity contribution in [1.82, 2.24) is 10.1 Å². The molecular weight excluding hydrogens is 513 g/mol. The van der Waals surface area contributed by atoms with Gasteiger partial charge in [-0.05, 0) is 68.2 Å². The maximum Gasteiger partial charge on any atom is 0.339 e. The summed E-state index contributed by atoms with van der Waals surface area (Å²) in [6.45, 7) is 4.32. The van der Waals surface area contributed by atoms with Crippen LogP contribution in [0.3, 0.4) is 0 Å². The van der Waals surface area contributed by atoms with Gasteiger partial charge in [-0.3, -0.25) is 0 Å². The van der Waals surface area contributed by atoms with E-state index < -0.39 is 0 Å². The zero-order chi connectivity index (χ0) is 25.7. The van der Waals surface area contributed by atoms with Crippen molar-refractivity contribution in [2.24, 2.45) is 11.8 Å². The van der Waals surface area contributed by atoms with Crippen molar-refractivity contribution in [1.29, 1.82) is 0 Å². The number of anilines is 1. The smallest absolute Gasteiger partial charge is 0.339 e. The van der Waals surface area contributed by atoms with Crippen LogP contribution < -0.4 is 4.90 Å². The normalized spacial score (nSPS) is 22.9. The van der Waals surface area contributed by atoms with Crippen LogP contribution in [0.2, 0.25) is 10.0 Å². The number of fused-ring (bicyclic) bond motifs is 1. The summed E-state index contributed by atoms with van der Waals surface area (Å²) in [5.74, 6) is 2.99. The van der Waals surface area contributed by atoms with Crippen molar-refractivity contribution in [3.05, 3.63) is 63.0 Å². The van der Waals surface area contributed by atoms with E-state index in [1.807, 2.05) is 31.2 Å². The highest BCUT2D eigenvalue weighted by Gasteiger charge is 2.42. The number of methoxy groups -OCH3 is 1. The first kappa shape index (κ1) is 24.7. The third-order valence-electron chi connectivity index (χ3n) is 7.91. The van der Waals surface area contributed by atoms with Crippen LogP contribution in [0.5, 0.6) is 0 Å². The fourth-order valence-corrected chi connectivity index (χ4v) is 6.51. The highest BCUT2D eigenvalue weighted by Crippen LogP contribution is 2.47. The van der Waals surface area contributed by atoms with Crippen LogP contribution in [-0.2, 0) is 16.1 Å². The number of esters is 1. The van der Waals surface area contributed by atoms with E-state index in [0.29, 0.717) is 51.2 Å². The summed E-state index contributed by atoms with van der Waals surface area (Å²) >= 11 is 13.0. The van der Waals surface area contributed by atoms with Crippen LogP contribution in [0.25, 0.3) is 11.3 Å². The van der Waals surface area contributed by atoms with Crippen molar-refractivity contribution in [3.8, 4) is 11.3 Å². The molecule has 2 saturated carbocycles. The predicted molar refractivity (Wildman–Crippen MR) is 141 cm³/mol. The first-order chi connectivity index (χ1) is 17.9. The van der Waals surface area contributed by atoms with Crippen LogP contribution in [-0.4, -0.2) is 42.4 Å². The average Bonchev–Trinajstić information content (AvgIpc) is 3.35. The first-order valence-electron chi connectivity index (χ1n) is 12.8. The summed E-state index contributed by atoms with van der Waals surface area (Å²) < 4.78 is 17.1. The predicted octanol–water partition coefficient (Wildman–Crippen LogP) is 6.45. The number of carbonyl (C=O) groups excluding carboxylic acids is 1. The highest BCUT2D eigenvalue weighted by atomic mass is 35.5. The molecule has 1 aliphatic heterocycles. The van der Waals surface area contributed by atoms with Gasteiger partial charge in [0.25, 0.3) is 0 Å². The van der Waals surface area contributed by atoms with E-state index in [2.05, 4.69) is 15.0 Å². The Labute approximate surface area is 226 Å². The number of benzene rings is 1. The zero-order valence-corrected chi connectivity index (χ0v) is 22.4. The Hall–Kier alpha value is -2.61. The first-order valence-corrected chi connectivity index (χ1v) is 13.5. The Kier molecular flexibility index (Phi) is 6.63. The number of ether oxygens (including phenoxy) is 2. The van der Waals surface area contributed by atoms with Crippen molar-refractivity contribution < 1.29 is 18.8 Å². The van der Waals surface area contributed by atoms with Gasteiger partial charge in [0, 0.05) is 36.3 Å². The molecule has 0 bridgehead atoms. The van der Waals surface area contributed by atoms with E-state index in [4.69, 9.17) is 37.2 Å². The minimum atomic E-state index is -0.363. The van der Waals surface area contributed by atoms with E-state index in [-0.39, 0.29) is 12.1 Å². The maximum atomic E-state index is 11.8. The second-order valence-corrected chi connectivity index (χ2v) is 11.2. The highest BCUT2D eigenvalue weighted by molar-refractivity contribution is 6.39. The molecule has 3 aliphatic rings. The molecule has 1 saturated heterocycles. The van der Waals surface area contributed by atoms with Crippen LogP contribution in [0.4, 0.5) is 5.82 Å². The Morgan fingerprint density at radius 1 is 1.16 bits per heavy atom. The molecule has 2 aromatic heterocycles. The number of halogens is 2. The molecule has 1 aromatic carbocycles. The number of aromatic nitrogens is 2. The molecule has 3 heterocycles. The summed E-state index contributed by atoms with van der Waals surface area (Å²) in [7, 11) is 1.38. The Morgan fingerprint density at radius 3 is 2.49 bits per heavy atom. The van der Waals surface area contributed by atoms with Gasteiger partial charge in [-0.25, -0.2) is 9.78 Å².